The molecule has 6 rings (SSSR count). The first-order chi connectivity index (χ1) is 27.6. The molecule has 1 radical (unpaired) electrons. The second-order valence-corrected chi connectivity index (χ2v) is 15.0. The van der Waals surface area contributed by atoms with E-state index in [2.05, 4.69) is 70.2 Å². The zero-order valence-electron chi connectivity index (χ0n) is 38.1. The van der Waals surface area contributed by atoms with Gasteiger partial charge in [0, 0.05) is 44.2 Å². The second kappa shape index (κ2) is 20.0. The van der Waals surface area contributed by atoms with Gasteiger partial charge in [0.15, 0.2) is 5.78 Å². The molecule has 1 heterocycles. The van der Waals surface area contributed by atoms with Crippen LogP contribution in [0.15, 0.2) is 109 Å². The summed E-state index contributed by atoms with van der Waals surface area (Å²) in [6, 6.07) is 23.1. The fraction of sp³-hybridized carbons (Fsp3) is 0.360. The number of hydrogen-bond acceptors (Lipinski definition) is 3. The third kappa shape index (κ3) is 10.3. The number of ketones is 1. The molecular weight excluding hydrogens is 839 g/mol. The van der Waals surface area contributed by atoms with Gasteiger partial charge < -0.3 is 10.1 Å². The molecule has 0 spiro atoms. The maximum atomic E-state index is 11.7. The summed E-state index contributed by atoms with van der Waals surface area (Å²) in [7, 11) is 0. The van der Waals surface area contributed by atoms with Crippen molar-refractivity contribution in [2.45, 2.75) is 93.9 Å². The summed E-state index contributed by atoms with van der Waals surface area (Å²) in [6.07, 6.45) is 8.78. The molecule has 0 saturated carbocycles. The Morgan fingerprint density at radius 1 is 0.722 bits per heavy atom. The summed E-state index contributed by atoms with van der Waals surface area (Å²) < 4.78 is 40.9. The third-order valence-corrected chi connectivity index (χ3v) is 10.1. The Hall–Kier alpha value is -4.11. The molecule has 0 amide bonds. The van der Waals surface area contributed by atoms with Crippen LogP contribution in [0.25, 0.3) is 54.7 Å². The number of nitrogens with zero attached hydrogens (tertiary/aromatic N) is 1. The molecule has 0 saturated heterocycles. The molecule has 0 fully saturated rings. The van der Waals surface area contributed by atoms with E-state index in [-0.39, 0.29) is 79.3 Å². The first-order valence-electron chi connectivity index (χ1n) is 21.9. The molecule has 0 aliphatic rings. The molecule has 1 aromatic heterocycles. The number of rotatable bonds is 13. The molecule has 3 nitrogen and oxygen atoms in total. The average Bonchev–Trinajstić information content (AvgIpc) is 3.19. The van der Waals surface area contributed by atoms with Crippen LogP contribution in [-0.4, -0.2) is 15.9 Å². The van der Waals surface area contributed by atoms with Crippen LogP contribution in [-0.2, 0) is 37.7 Å². The number of pyridine rings is 1. The van der Waals surface area contributed by atoms with E-state index >= 15 is 0 Å². The van der Waals surface area contributed by atoms with Gasteiger partial charge in [0.2, 0.25) is 0 Å². The molecule has 0 aliphatic carbocycles. The van der Waals surface area contributed by atoms with Crippen molar-refractivity contribution in [2.75, 3.05) is 0 Å². The first kappa shape index (κ1) is 35.6. The fourth-order valence-electron chi connectivity index (χ4n) is 7.32. The van der Waals surface area contributed by atoms with E-state index in [1.165, 1.54) is 17.2 Å². The Balaban J connectivity index is 0.000000411. The van der Waals surface area contributed by atoms with Gasteiger partial charge in [-0.2, -0.15) is 0 Å². The number of carbonyl (C=O) groups is 1. The molecule has 6 aromatic rings. The van der Waals surface area contributed by atoms with E-state index in [4.69, 9.17) is 11.8 Å². The molecular formula is C50H58IrNO2-. The van der Waals surface area contributed by atoms with Crippen molar-refractivity contribution in [3.8, 4) is 22.4 Å². The van der Waals surface area contributed by atoms with E-state index < -0.39 is 0 Å². The molecule has 5 aromatic carbocycles. The fourth-order valence-corrected chi connectivity index (χ4v) is 7.32. The number of hydrogen-bond donors (Lipinski definition) is 1. The molecule has 54 heavy (non-hydrogen) atoms. The van der Waals surface area contributed by atoms with Crippen LogP contribution >= 0.6 is 0 Å². The zero-order valence-corrected chi connectivity index (χ0v) is 35.5. The van der Waals surface area contributed by atoms with Gasteiger partial charge in [-0.25, -0.2) is 0 Å². The Morgan fingerprint density at radius 2 is 1.31 bits per heavy atom. The molecule has 4 heteroatoms. The van der Waals surface area contributed by atoms with Crippen molar-refractivity contribution in [3.63, 3.8) is 0 Å². The topological polar surface area (TPSA) is 50.2 Å². The summed E-state index contributed by atoms with van der Waals surface area (Å²) >= 11 is 0. The number of carbonyl (C=O) groups excluding carboxylic acids is 1. The van der Waals surface area contributed by atoms with E-state index in [1.54, 1.807) is 0 Å². The van der Waals surface area contributed by atoms with Gasteiger partial charge in [-0.05, 0) is 112 Å². The van der Waals surface area contributed by atoms with Crippen LogP contribution in [0.5, 0.6) is 0 Å². The molecule has 0 aliphatic heterocycles. The van der Waals surface area contributed by atoms with Crippen LogP contribution in [0, 0.1) is 29.7 Å². The average molecular weight is 902 g/mol. The summed E-state index contributed by atoms with van der Waals surface area (Å²) in [6.45, 7) is 17.0. The quantitative estimate of drug-likeness (QED) is 0.0544. The SMILES string of the molecule is CCC(CC)C(=O)/C=C(\O)C(CC)CC.[2H]c1c([2H])c([2H])c(-c2ccc3c(ccc4c5ccnc(-c6[c-]c(CC(C)C)cc(CC(C)C)c6)c5ccc34)c2)c([2H])c1[2H].[Ir]. The van der Waals surface area contributed by atoms with Crippen LogP contribution in [0.2, 0.25) is 0 Å². The van der Waals surface area contributed by atoms with Crippen molar-refractivity contribution in [1.82, 2.24) is 4.98 Å². The second-order valence-electron chi connectivity index (χ2n) is 15.0. The molecule has 1 N–H and O–H groups in total. The molecule has 0 unspecified atom stereocenters. The van der Waals surface area contributed by atoms with E-state index in [0.717, 1.165) is 82.1 Å². The monoisotopic (exact) mass is 902 g/mol. The number of fused-ring (bicyclic) bond motifs is 5. The molecule has 0 bridgehead atoms. The first-order valence-corrected chi connectivity index (χ1v) is 19.4. The van der Waals surface area contributed by atoms with Crippen LogP contribution in [0.1, 0.15) is 99.1 Å². The number of aliphatic hydroxyl groups is 1. The Morgan fingerprint density at radius 3 is 1.96 bits per heavy atom. The summed E-state index contributed by atoms with van der Waals surface area (Å²) in [4.78, 5) is 16.6. The van der Waals surface area contributed by atoms with Gasteiger partial charge in [0.25, 0.3) is 0 Å². The Bertz CT molecular complexity index is 2410. The van der Waals surface area contributed by atoms with E-state index in [0.29, 0.717) is 17.4 Å². The summed E-state index contributed by atoms with van der Waals surface area (Å²) in [5.74, 6) is 1.64. The van der Waals surface area contributed by atoms with Gasteiger partial charge in [-0.15, -0.1) is 34.9 Å². The standard InChI is InChI=1S/C37H34N.C13H24O2.Ir/c1-24(2)18-26-20-27(19-25(3)4)22-31(21-26)37-36-15-14-33-32-12-10-29(28-8-6-5-7-9-28)23-30(32)11-13-34(33)35(36)16-17-38-37;1-5-10(6-2)12(14)9-13(15)11(7-3)8-4;/h5-17,20-21,23-25H,18-19H2,1-4H3;9-11,14H,5-8H2,1-4H3;/q-1;;/b;12-9-;/i5D,6D,7D,8D,9D;;. The maximum Gasteiger partial charge on any atom is 0.162 e. The van der Waals surface area contributed by atoms with Gasteiger partial charge >= 0.3 is 0 Å². The van der Waals surface area contributed by atoms with Crippen molar-refractivity contribution in [2.24, 2.45) is 23.7 Å². The molecule has 0 atom stereocenters. The van der Waals surface area contributed by atoms with Crippen molar-refractivity contribution >= 4 is 38.1 Å². The van der Waals surface area contributed by atoms with Crippen molar-refractivity contribution in [3.05, 3.63) is 126 Å². The molecule has 285 valence electrons. The largest absolute Gasteiger partial charge is 0.512 e. The minimum Gasteiger partial charge on any atom is -0.512 e. The number of aromatic nitrogens is 1. The Kier molecular flexibility index (Phi) is 13.2. The van der Waals surface area contributed by atoms with Crippen LogP contribution < -0.4 is 0 Å². The van der Waals surface area contributed by atoms with Gasteiger partial charge in [0.1, 0.15) is 0 Å². The minimum absolute atomic E-state index is 0. The number of allylic oxidation sites excluding steroid dienone is 2. The number of aliphatic hydroxyl groups excluding tert-OH is 1. The van der Waals surface area contributed by atoms with Crippen molar-refractivity contribution < 1.29 is 36.9 Å². The predicted octanol–water partition coefficient (Wildman–Crippen LogP) is 13.9. The Labute approximate surface area is 344 Å². The van der Waals surface area contributed by atoms with Crippen molar-refractivity contribution in [1.29, 1.82) is 0 Å². The van der Waals surface area contributed by atoms with Gasteiger partial charge in [-0.3, -0.25) is 4.79 Å². The minimum atomic E-state index is -0.383. The summed E-state index contributed by atoms with van der Waals surface area (Å²) in [5, 5.41) is 16.1. The van der Waals surface area contributed by atoms with Crippen LogP contribution in [0.3, 0.4) is 0 Å². The zero-order chi connectivity index (χ0) is 42.4. The number of benzene rings is 5. The van der Waals surface area contributed by atoms with Gasteiger partial charge in [-0.1, -0.05) is 122 Å². The summed E-state index contributed by atoms with van der Waals surface area (Å²) in [5.41, 5.74) is 5.33. The van der Waals surface area contributed by atoms with E-state index in [9.17, 15) is 9.90 Å². The normalized spacial score (nSPS) is 13.1. The smallest absolute Gasteiger partial charge is 0.162 e. The third-order valence-electron chi connectivity index (χ3n) is 10.1. The maximum absolute atomic E-state index is 11.7. The van der Waals surface area contributed by atoms with Crippen LogP contribution in [0.4, 0.5) is 0 Å². The predicted molar refractivity (Wildman–Crippen MR) is 227 cm³/mol. The van der Waals surface area contributed by atoms with E-state index in [1.807, 2.05) is 58.2 Å². The van der Waals surface area contributed by atoms with Gasteiger partial charge in [0.05, 0.1) is 12.6 Å².